The maximum absolute atomic E-state index is 13.2. The topological polar surface area (TPSA) is 83.2 Å². The molecule has 0 bridgehead atoms. The van der Waals surface area contributed by atoms with Crippen molar-refractivity contribution in [2.45, 2.75) is 25.8 Å². The van der Waals surface area contributed by atoms with Gasteiger partial charge in [0.05, 0.1) is 18.9 Å². The first-order chi connectivity index (χ1) is 17.0. The molecule has 7 nitrogen and oxygen atoms in total. The molecule has 1 amide bonds. The molecule has 2 aliphatic rings. The fraction of sp³-hybridized carbons (Fsp3) is 0.286. The molecule has 2 saturated heterocycles. The first kappa shape index (κ1) is 22.8. The van der Waals surface area contributed by atoms with E-state index in [1.165, 1.54) is 11.2 Å². The molecule has 7 heteroatoms. The Morgan fingerprint density at radius 1 is 0.971 bits per heavy atom. The van der Waals surface area contributed by atoms with Crippen LogP contribution in [0.3, 0.4) is 0 Å². The highest BCUT2D eigenvalue weighted by Gasteiger charge is 2.48. The molecule has 35 heavy (non-hydrogen) atoms. The Kier molecular flexibility index (Phi) is 6.07. The minimum atomic E-state index is -0.881. The molecular weight excluding hydrogens is 444 g/mol. The number of furan rings is 1. The number of aliphatic hydroxyl groups is 1. The molecule has 0 spiro atoms. The lowest BCUT2D eigenvalue weighted by Gasteiger charge is -2.32. The van der Waals surface area contributed by atoms with Crippen LogP contribution in [0.15, 0.2) is 76.9 Å². The fourth-order valence-corrected chi connectivity index (χ4v) is 4.81. The number of amides is 1. The highest BCUT2D eigenvalue weighted by Crippen LogP contribution is 2.42. The molecule has 1 unspecified atom stereocenters. The molecule has 5 rings (SSSR count). The minimum absolute atomic E-state index is 0.00999. The van der Waals surface area contributed by atoms with E-state index in [0.717, 1.165) is 37.5 Å². The van der Waals surface area contributed by atoms with Crippen LogP contribution in [0.25, 0.3) is 5.76 Å². The number of rotatable bonds is 5. The number of benzene rings is 2. The number of aliphatic hydroxyl groups excluding tert-OH is 1. The van der Waals surface area contributed by atoms with E-state index >= 15 is 0 Å². The normalized spacial score (nSPS) is 20.5. The van der Waals surface area contributed by atoms with Crippen molar-refractivity contribution in [1.29, 1.82) is 0 Å². The zero-order valence-corrected chi connectivity index (χ0v) is 19.8. The molecule has 0 aliphatic carbocycles. The molecule has 0 saturated carbocycles. The van der Waals surface area contributed by atoms with E-state index in [2.05, 4.69) is 11.8 Å². The number of Topliss-reactive ketones (excluding diaryl/α,β-unsaturated/α-hetero) is 1. The highest BCUT2D eigenvalue weighted by atomic mass is 16.5. The Balaban J connectivity index is 1.53. The molecule has 2 fully saturated rings. The highest BCUT2D eigenvalue weighted by molar-refractivity contribution is 6.51. The number of ether oxygens (including phenoxy) is 1. The summed E-state index contributed by atoms with van der Waals surface area (Å²) in [5.74, 6) is 0.0291. The lowest BCUT2D eigenvalue weighted by atomic mass is 9.98. The van der Waals surface area contributed by atoms with Crippen LogP contribution in [0.2, 0.25) is 0 Å². The predicted octanol–water partition coefficient (Wildman–Crippen LogP) is 5.15. The summed E-state index contributed by atoms with van der Waals surface area (Å²) in [5.41, 5.74) is 2.06. The van der Waals surface area contributed by atoms with Crippen LogP contribution >= 0.6 is 0 Å². The third-order valence-corrected chi connectivity index (χ3v) is 6.90. The second-order valence-corrected chi connectivity index (χ2v) is 9.10. The van der Waals surface area contributed by atoms with Crippen molar-refractivity contribution in [2.24, 2.45) is 5.92 Å². The molecule has 3 heterocycles. The van der Waals surface area contributed by atoms with Crippen LogP contribution in [0, 0.1) is 5.92 Å². The number of carbonyl (C=O) groups excluding carboxylic acids is 2. The van der Waals surface area contributed by atoms with E-state index in [1.807, 2.05) is 24.3 Å². The Hall–Kier alpha value is -4.00. The first-order valence-corrected chi connectivity index (χ1v) is 11.8. The van der Waals surface area contributed by atoms with Crippen LogP contribution in [0.4, 0.5) is 11.4 Å². The number of hydrogen-bond donors (Lipinski definition) is 1. The van der Waals surface area contributed by atoms with E-state index in [9.17, 15) is 14.7 Å². The zero-order valence-electron chi connectivity index (χ0n) is 19.8. The molecule has 180 valence electrons. The number of nitrogens with zero attached hydrogens (tertiary/aromatic N) is 2. The third kappa shape index (κ3) is 4.18. The Bertz CT molecular complexity index is 1240. The van der Waals surface area contributed by atoms with Crippen LogP contribution in [-0.4, -0.2) is 37.0 Å². The summed E-state index contributed by atoms with van der Waals surface area (Å²) >= 11 is 0. The molecule has 2 aliphatic heterocycles. The Morgan fingerprint density at radius 3 is 2.23 bits per heavy atom. The van der Waals surface area contributed by atoms with Gasteiger partial charge in [0.1, 0.15) is 23.3 Å². The average molecular weight is 473 g/mol. The first-order valence-electron chi connectivity index (χ1n) is 11.8. The Labute approximate surface area is 204 Å². The number of hydrogen-bond acceptors (Lipinski definition) is 6. The van der Waals surface area contributed by atoms with Crippen molar-refractivity contribution in [3.8, 4) is 5.75 Å². The van der Waals surface area contributed by atoms with Crippen molar-refractivity contribution in [2.75, 3.05) is 30.0 Å². The van der Waals surface area contributed by atoms with Gasteiger partial charge in [-0.25, -0.2) is 0 Å². The summed E-state index contributed by atoms with van der Waals surface area (Å²) in [6.07, 6.45) is 3.80. The van der Waals surface area contributed by atoms with E-state index < -0.39 is 17.7 Å². The van der Waals surface area contributed by atoms with Crippen molar-refractivity contribution >= 4 is 28.8 Å². The largest absolute Gasteiger partial charge is 0.507 e. The second-order valence-electron chi connectivity index (χ2n) is 9.10. The van der Waals surface area contributed by atoms with E-state index in [1.54, 1.807) is 43.5 Å². The van der Waals surface area contributed by atoms with Gasteiger partial charge < -0.3 is 19.2 Å². The van der Waals surface area contributed by atoms with Crippen LogP contribution in [-0.2, 0) is 9.59 Å². The van der Waals surface area contributed by atoms with Crippen LogP contribution < -0.4 is 14.5 Å². The van der Waals surface area contributed by atoms with Crippen LogP contribution in [0.1, 0.15) is 37.1 Å². The molecule has 1 N–H and O–H groups in total. The monoisotopic (exact) mass is 472 g/mol. The van der Waals surface area contributed by atoms with Crippen LogP contribution in [0.5, 0.6) is 5.75 Å². The Morgan fingerprint density at radius 2 is 1.63 bits per heavy atom. The number of methoxy groups -OCH3 is 1. The maximum Gasteiger partial charge on any atom is 0.300 e. The lowest BCUT2D eigenvalue weighted by molar-refractivity contribution is -0.132. The second kappa shape index (κ2) is 9.33. The number of piperidine rings is 1. The zero-order chi connectivity index (χ0) is 24.5. The lowest BCUT2D eigenvalue weighted by Crippen LogP contribution is -2.33. The number of anilines is 2. The molecule has 3 aromatic rings. The van der Waals surface area contributed by atoms with Gasteiger partial charge in [0.2, 0.25) is 0 Å². The van der Waals surface area contributed by atoms with Gasteiger partial charge in [-0.2, -0.15) is 0 Å². The molecule has 0 radical (unpaired) electrons. The van der Waals surface area contributed by atoms with Gasteiger partial charge in [-0.15, -0.1) is 0 Å². The van der Waals surface area contributed by atoms with Gasteiger partial charge in [0.15, 0.2) is 0 Å². The summed E-state index contributed by atoms with van der Waals surface area (Å²) in [6.45, 7) is 4.27. The molecule has 2 aromatic carbocycles. The maximum atomic E-state index is 13.2. The van der Waals surface area contributed by atoms with Crippen molar-refractivity contribution in [3.63, 3.8) is 0 Å². The predicted molar refractivity (Wildman–Crippen MR) is 134 cm³/mol. The van der Waals surface area contributed by atoms with E-state index in [-0.39, 0.29) is 11.3 Å². The quantitative estimate of drug-likeness (QED) is 0.314. The smallest absolute Gasteiger partial charge is 0.300 e. The summed E-state index contributed by atoms with van der Waals surface area (Å²) in [5, 5.41) is 11.1. The average Bonchev–Trinajstić information content (AvgIpc) is 3.51. The van der Waals surface area contributed by atoms with Crippen molar-refractivity contribution in [1.82, 2.24) is 0 Å². The summed E-state index contributed by atoms with van der Waals surface area (Å²) in [4.78, 5) is 30.2. The fourth-order valence-electron chi connectivity index (χ4n) is 4.81. The third-order valence-electron chi connectivity index (χ3n) is 6.90. The SMILES string of the molecule is COc1ccc(/C(O)=C2/C(=O)C(=O)N(c3ccc(N4CCC(C)CC4)cc3)C2c2ccco2)cc1. The molecule has 1 atom stereocenters. The molecule has 1 aromatic heterocycles. The summed E-state index contributed by atoms with van der Waals surface area (Å²) in [7, 11) is 1.55. The van der Waals surface area contributed by atoms with Gasteiger partial charge in [-0.05, 0) is 79.4 Å². The summed E-state index contributed by atoms with van der Waals surface area (Å²) < 4.78 is 10.8. The van der Waals surface area contributed by atoms with Gasteiger partial charge in [0, 0.05) is 30.0 Å². The van der Waals surface area contributed by atoms with Gasteiger partial charge in [-0.3, -0.25) is 14.5 Å². The molecular formula is C28H28N2O5. The van der Waals surface area contributed by atoms with Crippen molar-refractivity contribution < 1.29 is 23.8 Å². The van der Waals surface area contributed by atoms with Crippen molar-refractivity contribution in [3.05, 3.63) is 83.8 Å². The van der Waals surface area contributed by atoms with Gasteiger partial charge >= 0.3 is 0 Å². The minimum Gasteiger partial charge on any atom is -0.507 e. The number of carbonyl (C=O) groups is 2. The van der Waals surface area contributed by atoms with Gasteiger partial charge in [0.25, 0.3) is 11.7 Å². The standard InChI is InChI=1S/C28H28N2O5/c1-18-13-15-29(16-14-18)20-7-9-21(10-8-20)30-25(23-4-3-17-35-23)24(27(32)28(30)33)26(31)19-5-11-22(34-2)12-6-19/h3-12,17-18,25,31H,13-16H2,1-2H3/b26-24-. The van der Waals surface area contributed by atoms with E-state index in [0.29, 0.717) is 22.8 Å². The van der Waals surface area contributed by atoms with Gasteiger partial charge in [-0.1, -0.05) is 6.92 Å². The van der Waals surface area contributed by atoms with E-state index in [4.69, 9.17) is 9.15 Å². The number of ketones is 1. The summed E-state index contributed by atoms with van der Waals surface area (Å²) in [6, 6.07) is 16.8.